The summed E-state index contributed by atoms with van der Waals surface area (Å²) in [7, 11) is 1.62. The number of hydrogen-bond donors (Lipinski definition) is 2. The van der Waals surface area contributed by atoms with E-state index in [9.17, 15) is 9.90 Å². The molecule has 6 heteroatoms. The van der Waals surface area contributed by atoms with E-state index in [1.807, 2.05) is 42.5 Å². The summed E-state index contributed by atoms with van der Waals surface area (Å²) >= 11 is 1.58. The van der Waals surface area contributed by atoms with E-state index < -0.39 is 6.10 Å². The van der Waals surface area contributed by atoms with E-state index in [1.165, 1.54) is 5.56 Å². The Hall–Kier alpha value is -2.02. The number of carbonyl (C=O) groups excluding carboxylic acids is 1. The molecule has 0 fully saturated rings. The third-order valence-corrected chi connectivity index (χ3v) is 5.51. The highest BCUT2D eigenvalue weighted by Crippen LogP contribution is 2.36. The predicted octanol–water partition coefficient (Wildman–Crippen LogP) is 2.41. The van der Waals surface area contributed by atoms with Gasteiger partial charge in [-0.1, -0.05) is 30.3 Å². The van der Waals surface area contributed by atoms with Gasteiger partial charge in [0.2, 0.25) is 5.91 Å². The molecular formula is C20H23NO4S. The van der Waals surface area contributed by atoms with E-state index in [1.54, 1.807) is 18.9 Å². The topological polar surface area (TPSA) is 67.8 Å². The number of methoxy groups -OCH3 is 1. The van der Waals surface area contributed by atoms with E-state index in [2.05, 4.69) is 11.4 Å². The molecule has 2 N–H and O–H groups in total. The summed E-state index contributed by atoms with van der Waals surface area (Å²) in [5.74, 6) is 0.754. The summed E-state index contributed by atoms with van der Waals surface area (Å²) in [5.41, 5.74) is 2.21. The second-order valence-corrected chi connectivity index (χ2v) is 7.43. The molecule has 1 heterocycles. The first-order valence-corrected chi connectivity index (χ1v) is 9.44. The minimum atomic E-state index is -0.731. The van der Waals surface area contributed by atoms with E-state index in [0.717, 1.165) is 22.6 Å². The summed E-state index contributed by atoms with van der Waals surface area (Å²) in [6, 6.07) is 15.6. The lowest BCUT2D eigenvalue weighted by molar-refractivity contribution is -0.121. The fraction of sp³-hybridized carbons (Fsp3) is 0.350. The molecule has 2 atom stereocenters. The van der Waals surface area contributed by atoms with Gasteiger partial charge in [0, 0.05) is 11.4 Å². The molecule has 0 saturated carbocycles. The highest BCUT2D eigenvalue weighted by atomic mass is 32.2. The average molecular weight is 373 g/mol. The van der Waals surface area contributed by atoms with Gasteiger partial charge in [0.1, 0.15) is 5.75 Å². The van der Waals surface area contributed by atoms with Gasteiger partial charge in [-0.05, 0) is 35.7 Å². The van der Waals surface area contributed by atoms with E-state index in [0.29, 0.717) is 6.61 Å². The molecular weight excluding hydrogens is 350 g/mol. The fourth-order valence-electron chi connectivity index (χ4n) is 2.75. The molecule has 5 nitrogen and oxygen atoms in total. The molecule has 0 spiro atoms. The SMILES string of the molecule is COc1ccc(COCC(O)CNC(=O)C2Cc3ccccc3S2)cc1. The first kappa shape index (κ1) is 18.8. The number of aliphatic hydroxyl groups excluding tert-OH is 1. The maximum absolute atomic E-state index is 12.3. The molecule has 2 aromatic carbocycles. The first-order chi connectivity index (χ1) is 12.7. The van der Waals surface area contributed by atoms with Crippen molar-refractivity contribution >= 4 is 17.7 Å². The summed E-state index contributed by atoms with van der Waals surface area (Å²) in [6.45, 7) is 0.766. The second-order valence-electron chi connectivity index (χ2n) is 6.18. The lowest BCUT2D eigenvalue weighted by atomic mass is 10.1. The van der Waals surface area contributed by atoms with Crippen molar-refractivity contribution < 1.29 is 19.4 Å². The van der Waals surface area contributed by atoms with Crippen LogP contribution in [0.4, 0.5) is 0 Å². The van der Waals surface area contributed by atoms with Crippen molar-refractivity contribution in [2.75, 3.05) is 20.3 Å². The van der Waals surface area contributed by atoms with E-state index >= 15 is 0 Å². The Morgan fingerprint density at radius 1 is 1.27 bits per heavy atom. The fourth-order valence-corrected chi connectivity index (χ4v) is 3.97. The summed E-state index contributed by atoms with van der Waals surface area (Å²) in [5, 5.41) is 12.7. The van der Waals surface area contributed by atoms with Gasteiger partial charge in [0.15, 0.2) is 0 Å². The summed E-state index contributed by atoms with van der Waals surface area (Å²) in [6.07, 6.45) is 0.00230. The van der Waals surface area contributed by atoms with Crippen molar-refractivity contribution in [1.29, 1.82) is 0 Å². The van der Waals surface area contributed by atoms with Crippen LogP contribution in [0.1, 0.15) is 11.1 Å². The van der Waals surface area contributed by atoms with Crippen molar-refractivity contribution in [2.24, 2.45) is 0 Å². The normalized spacial score (nSPS) is 16.8. The zero-order valence-electron chi connectivity index (χ0n) is 14.7. The highest BCUT2D eigenvalue weighted by Gasteiger charge is 2.27. The Balaban J connectivity index is 1.35. The van der Waals surface area contributed by atoms with Crippen LogP contribution in [0.5, 0.6) is 5.75 Å². The maximum atomic E-state index is 12.3. The maximum Gasteiger partial charge on any atom is 0.233 e. The van der Waals surface area contributed by atoms with Crippen molar-refractivity contribution in [2.45, 2.75) is 29.3 Å². The molecule has 2 unspecified atom stereocenters. The number of rotatable bonds is 8. The van der Waals surface area contributed by atoms with Gasteiger partial charge in [-0.25, -0.2) is 0 Å². The number of hydrogen-bond acceptors (Lipinski definition) is 5. The molecule has 0 aromatic heterocycles. The number of nitrogens with one attached hydrogen (secondary N) is 1. The Bertz CT molecular complexity index is 710. The van der Waals surface area contributed by atoms with E-state index in [-0.39, 0.29) is 24.3 Å². The zero-order valence-corrected chi connectivity index (χ0v) is 15.5. The first-order valence-electron chi connectivity index (χ1n) is 8.56. The molecule has 2 aromatic rings. The number of thioether (sulfide) groups is 1. The van der Waals surface area contributed by atoms with Gasteiger partial charge in [0.05, 0.1) is 31.7 Å². The number of aliphatic hydroxyl groups is 1. The van der Waals surface area contributed by atoms with Crippen LogP contribution in [0.2, 0.25) is 0 Å². The largest absolute Gasteiger partial charge is 0.497 e. The van der Waals surface area contributed by atoms with Gasteiger partial charge < -0.3 is 19.9 Å². The minimum Gasteiger partial charge on any atom is -0.497 e. The third kappa shape index (κ3) is 5.00. The minimum absolute atomic E-state index is 0.0413. The van der Waals surface area contributed by atoms with Gasteiger partial charge >= 0.3 is 0 Å². The van der Waals surface area contributed by atoms with Crippen LogP contribution in [0.3, 0.4) is 0 Å². The number of benzene rings is 2. The van der Waals surface area contributed by atoms with Crippen LogP contribution in [-0.4, -0.2) is 42.6 Å². The molecule has 0 saturated heterocycles. The van der Waals surface area contributed by atoms with Gasteiger partial charge in [-0.2, -0.15) is 0 Å². The van der Waals surface area contributed by atoms with Crippen LogP contribution >= 0.6 is 11.8 Å². The van der Waals surface area contributed by atoms with Crippen molar-refractivity contribution in [1.82, 2.24) is 5.32 Å². The Labute approximate surface area is 157 Å². The van der Waals surface area contributed by atoms with Crippen LogP contribution in [0, 0.1) is 0 Å². The number of amides is 1. The monoisotopic (exact) mass is 373 g/mol. The van der Waals surface area contributed by atoms with Crippen molar-refractivity contribution in [3.8, 4) is 5.75 Å². The zero-order chi connectivity index (χ0) is 18.4. The van der Waals surface area contributed by atoms with Crippen molar-refractivity contribution in [3.05, 3.63) is 59.7 Å². The smallest absolute Gasteiger partial charge is 0.233 e. The van der Waals surface area contributed by atoms with E-state index in [4.69, 9.17) is 9.47 Å². The summed E-state index contributed by atoms with van der Waals surface area (Å²) < 4.78 is 10.6. The predicted molar refractivity (Wildman–Crippen MR) is 101 cm³/mol. The standard InChI is InChI=1S/C20H23NO4S/c1-24-17-8-6-14(7-9-17)12-25-13-16(22)11-21-20(23)19-10-15-4-2-3-5-18(15)26-19/h2-9,16,19,22H,10-13H2,1H3,(H,21,23). The van der Waals surface area contributed by atoms with Crippen LogP contribution in [-0.2, 0) is 22.6 Å². The molecule has 1 aliphatic heterocycles. The van der Waals surface area contributed by atoms with Gasteiger partial charge in [-0.15, -0.1) is 11.8 Å². The number of carbonyl (C=O) groups is 1. The Morgan fingerprint density at radius 3 is 2.77 bits per heavy atom. The number of fused-ring (bicyclic) bond motifs is 1. The van der Waals surface area contributed by atoms with Crippen LogP contribution in [0.15, 0.2) is 53.4 Å². The Kier molecular flexibility index (Phi) is 6.55. The van der Waals surface area contributed by atoms with Gasteiger partial charge in [0.25, 0.3) is 0 Å². The second kappa shape index (κ2) is 9.07. The molecule has 26 heavy (non-hydrogen) atoms. The lowest BCUT2D eigenvalue weighted by Gasteiger charge is -2.14. The molecule has 0 aliphatic carbocycles. The van der Waals surface area contributed by atoms with Crippen molar-refractivity contribution in [3.63, 3.8) is 0 Å². The van der Waals surface area contributed by atoms with Crippen LogP contribution < -0.4 is 10.1 Å². The quantitative estimate of drug-likeness (QED) is 0.744. The lowest BCUT2D eigenvalue weighted by Crippen LogP contribution is -2.39. The third-order valence-electron chi connectivity index (χ3n) is 4.19. The number of ether oxygens (including phenoxy) is 2. The Morgan fingerprint density at radius 2 is 2.04 bits per heavy atom. The summed E-state index contributed by atoms with van der Waals surface area (Å²) in [4.78, 5) is 13.4. The molecule has 1 amide bonds. The average Bonchev–Trinajstić information content (AvgIpc) is 3.11. The molecule has 0 bridgehead atoms. The van der Waals surface area contributed by atoms with Gasteiger partial charge in [-0.3, -0.25) is 4.79 Å². The molecule has 0 radical (unpaired) electrons. The molecule has 138 valence electrons. The van der Waals surface area contributed by atoms with Crippen LogP contribution in [0.25, 0.3) is 0 Å². The molecule has 1 aliphatic rings. The highest BCUT2D eigenvalue weighted by molar-refractivity contribution is 8.01. The molecule has 3 rings (SSSR count).